The first kappa shape index (κ1) is 10.6. The summed E-state index contributed by atoms with van der Waals surface area (Å²) in [4.78, 5) is 18.0. The van der Waals surface area contributed by atoms with Gasteiger partial charge in [-0.25, -0.2) is 4.98 Å². The van der Waals surface area contributed by atoms with Crippen molar-refractivity contribution in [2.75, 3.05) is 6.54 Å². The zero-order valence-electron chi connectivity index (χ0n) is 8.61. The van der Waals surface area contributed by atoms with Crippen molar-refractivity contribution in [1.82, 2.24) is 9.88 Å². The number of hydrogen-bond donors (Lipinski definition) is 0. The average Bonchev–Trinajstić information content (AvgIpc) is 2.65. The van der Waals surface area contributed by atoms with E-state index in [1.54, 1.807) is 12.3 Å². The molecule has 0 aromatic carbocycles. The van der Waals surface area contributed by atoms with Gasteiger partial charge in [0, 0.05) is 18.8 Å². The van der Waals surface area contributed by atoms with Crippen molar-refractivity contribution < 1.29 is 4.79 Å². The first-order chi connectivity index (χ1) is 7.18. The number of rotatable bonds is 1. The number of carbonyl (C=O) groups is 1. The zero-order chi connectivity index (χ0) is 10.8. The number of pyridine rings is 1. The molecule has 1 aliphatic rings. The fourth-order valence-electron chi connectivity index (χ4n) is 1.90. The minimum atomic E-state index is 0.0972. The number of nitrogens with zero attached hydrogens (tertiary/aromatic N) is 2. The second kappa shape index (κ2) is 4.31. The zero-order valence-corrected chi connectivity index (χ0v) is 10.2. The number of hydrogen-bond acceptors (Lipinski definition) is 2. The smallest absolute Gasteiger partial charge is 0.255 e. The molecular formula is C11H13BrN2O. The molecule has 1 atom stereocenters. The second-order valence-corrected chi connectivity index (χ2v) is 4.67. The van der Waals surface area contributed by atoms with E-state index in [0.717, 1.165) is 24.0 Å². The Hall–Kier alpha value is -0.900. The molecule has 1 unspecified atom stereocenters. The van der Waals surface area contributed by atoms with E-state index in [9.17, 15) is 4.79 Å². The minimum Gasteiger partial charge on any atom is -0.336 e. The van der Waals surface area contributed by atoms with Gasteiger partial charge in [-0.2, -0.15) is 0 Å². The second-order valence-electron chi connectivity index (χ2n) is 3.86. The molecule has 80 valence electrons. The standard InChI is InChI=1S/C11H13BrN2O/c1-8-3-2-6-14(8)11(15)9-4-5-10(12)13-7-9/h4-5,7-8H,2-3,6H2,1H3. The van der Waals surface area contributed by atoms with Gasteiger partial charge in [-0.05, 0) is 47.8 Å². The van der Waals surface area contributed by atoms with Crippen molar-refractivity contribution in [2.45, 2.75) is 25.8 Å². The maximum absolute atomic E-state index is 12.0. The lowest BCUT2D eigenvalue weighted by molar-refractivity contribution is 0.0747. The first-order valence-corrected chi connectivity index (χ1v) is 5.90. The molecule has 1 aromatic heterocycles. The summed E-state index contributed by atoms with van der Waals surface area (Å²) in [7, 11) is 0. The van der Waals surface area contributed by atoms with Crippen molar-refractivity contribution in [3.63, 3.8) is 0 Å². The highest BCUT2D eigenvalue weighted by Crippen LogP contribution is 2.19. The Morgan fingerprint density at radius 3 is 2.93 bits per heavy atom. The molecule has 0 spiro atoms. The van der Waals surface area contributed by atoms with Gasteiger partial charge in [0.1, 0.15) is 4.60 Å². The van der Waals surface area contributed by atoms with Gasteiger partial charge in [0.25, 0.3) is 5.91 Å². The van der Waals surface area contributed by atoms with Gasteiger partial charge in [-0.15, -0.1) is 0 Å². The summed E-state index contributed by atoms with van der Waals surface area (Å²) in [6.07, 6.45) is 3.84. The van der Waals surface area contributed by atoms with E-state index in [2.05, 4.69) is 27.8 Å². The third-order valence-electron chi connectivity index (χ3n) is 2.79. The van der Waals surface area contributed by atoms with Gasteiger partial charge in [-0.1, -0.05) is 0 Å². The van der Waals surface area contributed by atoms with E-state index >= 15 is 0 Å². The number of aromatic nitrogens is 1. The third-order valence-corrected chi connectivity index (χ3v) is 3.26. The van der Waals surface area contributed by atoms with Gasteiger partial charge < -0.3 is 4.90 Å². The number of halogens is 1. The molecule has 1 aromatic rings. The lowest BCUT2D eigenvalue weighted by Gasteiger charge is -2.21. The molecular weight excluding hydrogens is 256 g/mol. The van der Waals surface area contributed by atoms with Crippen LogP contribution in [0.1, 0.15) is 30.1 Å². The summed E-state index contributed by atoms with van der Waals surface area (Å²) in [5.41, 5.74) is 0.673. The molecule has 0 bridgehead atoms. The predicted molar refractivity (Wildman–Crippen MR) is 61.7 cm³/mol. The summed E-state index contributed by atoms with van der Waals surface area (Å²) in [5, 5.41) is 0. The van der Waals surface area contributed by atoms with Crippen LogP contribution >= 0.6 is 15.9 Å². The largest absolute Gasteiger partial charge is 0.336 e. The van der Waals surface area contributed by atoms with Crippen LogP contribution in [-0.4, -0.2) is 28.4 Å². The molecule has 0 saturated carbocycles. The van der Waals surface area contributed by atoms with Crippen molar-refractivity contribution >= 4 is 21.8 Å². The lowest BCUT2D eigenvalue weighted by Crippen LogP contribution is -2.33. The van der Waals surface area contributed by atoms with Gasteiger partial charge in [0.15, 0.2) is 0 Å². The van der Waals surface area contributed by atoms with Crippen LogP contribution in [0, 0.1) is 0 Å². The maximum atomic E-state index is 12.0. The van der Waals surface area contributed by atoms with Gasteiger partial charge in [0.05, 0.1) is 5.56 Å². The number of carbonyl (C=O) groups excluding carboxylic acids is 1. The Labute approximate surface area is 97.6 Å². The normalized spacial score (nSPS) is 20.7. The van der Waals surface area contributed by atoms with Crippen LogP contribution in [0.15, 0.2) is 22.9 Å². The molecule has 1 saturated heterocycles. The van der Waals surface area contributed by atoms with E-state index < -0.39 is 0 Å². The average molecular weight is 269 g/mol. The highest BCUT2D eigenvalue weighted by atomic mass is 79.9. The van der Waals surface area contributed by atoms with Crippen molar-refractivity contribution in [3.8, 4) is 0 Å². The van der Waals surface area contributed by atoms with E-state index in [1.165, 1.54) is 0 Å². The van der Waals surface area contributed by atoms with Crippen LogP contribution in [-0.2, 0) is 0 Å². The van der Waals surface area contributed by atoms with E-state index in [1.807, 2.05) is 11.0 Å². The molecule has 0 radical (unpaired) electrons. The third kappa shape index (κ3) is 2.20. The predicted octanol–water partition coefficient (Wildman–Crippen LogP) is 2.47. The van der Waals surface area contributed by atoms with Crippen molar-refractivity contribution in [2.24, 2.45) is 0 Å². The van der Waals surface area contributed by atoms with E-state index in [-0.39, 0.29) is 5.91 Å². The van der Waals surface area contributed by atoms with Crippen LogP contribution in [0.2, 0.25) is 0 Å². The lowest BCUT2D eigenvalue weighted by atomic mass is 10.2. The maximum Gasteiger partial charge on any atom is 0.255 e. The fourth-order valence-corrected chi connectivity index (χ4v) is 2.14. The summed E-state index contributed by atoms with van der Waals surface area (Å²) in [6, 6.07) is 3.97. The highest BCUT2D eigenvalue weighted by Gasteiger charge is 2.25. The van der Waals surface area contributed by atoms with Crippen LogP contribution in [0.3, 0.4) is 0 Å². The van der Waals surface area contributed by atoms with Crippen molar-refractivity contribution in [1.29, 1.82) is 0 Å². The topological polar surface area (TPSA) is 33.2 Å². The molecule has 4 heteroatoms. The molecule has 2 rings (SSSR count). The van der Waals surface area contributed by atoms with Crippen LogP contribution in [0.5, 0.6) is 0 Å². The summed E-state index contributed by atoms with van der Waals surface area (Å²) < 4.78 is 0.758. The summed E-state index contributed by atoms with van der Waals surface area (Å²) in [5.74, 6) is 0.0972. The molecule has 0 aliphatic carbocycles. The Kier molecular flexibility index (Phi) is 3.05. The highest BCUT2D eigenvalue weighted by molar-refractivity contribution is 9.10. The Morgan fingerprint density at radius 1 is 1.60 bits per heavy atom. The van der Waals surface area contributed by atoms with Crippen LogP contribution in [0.25, 0.3) is 0 Å². The molecule has 2 heterocycles. The number of amides is 1. The monoisotopic (exact) mass is 268 g/mol. The fraction of sp³-hybridized carbons (Fsp3) is 0.455. The molecule has 1 aliphatic heterocycles. The van der Waals surface area contributed by atoms with E-state index in [4.69, 9.17) is 0 Å². The molecule has 0 N–H and O–H groups in total. The molecule has 1 fully saturated rings. The summed E-state index contributed by atoms with van der Waals surface area (Å²) >= 11 is 3.25. The Morgan fingerprint density at radius 2 is 2.40 bits per heavy atom. The van der Waals surface area contributed by atoms with E-state index in [0.29, 0.717) is 11.6 Å². The van der Waals surface area contributed by atoms with Crippen LogP contribution in [0.4, 0.5) is 0 Å². The van der Waals surface area contributed by atoms with Crippen LogP contribution < -0.4 is 0 Å². The molecule has 1 amide bonds. The van der Waals surface area contributed by atoms with Gasteiger partial charge in [0.2, 0.25) is 0 Å². The quantitative estimate of drug-likeness (QED) is 0.734. The Balaban J connectivity index is 2.17. The molecule has 15 heavy (non-hydrogen) atoms. The molecule has 3 nitrogen and oxygen atoms in total. The van der Waals surface area contributed by atoms with Gasteiger partial charge >= 0.3 is 0 Å². The Bertz CT molecular complexity index is 363. The first-order valence-electron chi connectivity index (χ1n) is 5.11. The minimum absolute atomic E-state index is 0.0972. The van der Waals surface area contributed by atoms with Gasteiger partial charge in [-0.3, -0.25) is 4.79 Å². The summed E-state index contributed by atoms with van der Waals surface area (Å²) in [6.45, 7) is 2.97. The SMILES string of the molecule is CC1CCCN1C(=O)c1ccc(Br)nc1. The van der Waals surface area contributed by atoms with Crippen molar-refractivity contribution in [3.05, 3.63) is 28.5 Å². The number of likely N-dealkylation sites (tertiary alicyclic amines) is 1.